The van der Waals surface area contributed by atoms with Gasteiger partial charge in [0.15, 0.2) is 0 Å². The minimum atomic E-state index is 0.0584. The Morgan fingerprint density at radius 1 is 1.55 bits per heavy atom. The van der Waals surface area contributed by atoms with Gasteiger partial charge < -0.3 is 14.2 Å². The Morgan fingerprint density at radius 2 is 2.36 bits per heavy atom. The summed E-state index contributed by atoms with van der Waals surface area (Å²) in [6.07, 6.45) is 1.91. The van der Waals surface area contributed by atoms with E-state index in [9.17, 15) is 0 Å². The normalized spacial score (nSPS) is 31.7. The van der Waals surface area contributed by atoms with Gasteiger partial charge in [-0.3, -0.25) is 0 Å². The summed E-state index contributed by atoms with van der Waals surface area (Å²) in [4.78, 5) is 0. The highest BCUT2D eigenvalue weighted by atomic mass is 16.6. The molecule has 2 atom stereocenters. The summed E-state index contributed by atoms with van der Waals surface area (Å²) in [5.74, 6) is 0. The molecular formula is C8H14O3. The molecule has 1 heterocycles. The molecule has 0 N–H and O–H groups in total. The van der Waals surface area contributed by atoms with Gasteiger partial charge in [-0.05, 0) is 0 Å². The van der Waals surface area contributed by atoms with Crippen LogP contribution >= 0.6 is 0 Å². The molecule has 3 heteroatoms. The average molecular weight is 158 g/mol. The number of hydrogen-bond acceptors (Lipinski definition) is 3. The zero-order valence-corrected chi connectivity index (χ0v) is 6.79. The molecule has 3 nitrogen and oxygen atoms in total. The van der Waals surface area contributed by atoms with E-state index in [1.165, 1.54) is 0 Å². The molecular weight excluding hydrogens is 144 g/mol. The van der Waals surface area contributed by atoms with E-state index < -0.39 is 0 Å². The van der Waals surface area contributed by atoms with Crippen LogP contribution in [-0.4, -0.2) is 39.1 Å². The van der Waals surface area contributed by atoms with Crippen LogP contribution in [0.5, 0.6) is 0 Å². The van der Waals surface area contributed by atoms with Crippen LogP contribution in [0.2, 0.25) is 0 Å². The Kier molecular flexibility index (Phi) is 3.56. The standard InChI is InChI=1S/C8H14O3/c1-3-7-5-11-8(4-9-2)6-10-7/h3,7-8H,1,4-6H2,2H3/t7-,8+/m0/s1. The first-order valence-corrected chi connectivity index (χ1v) is 3.71. The molecule has 0 aromatic carbocycles. The minimum absolute atomic E-state index is 0.0584. The second-order valence-corrected chi connectivity index (χ2v) is 2.52. The molecule has 1 fully saturated rings. The average Bonchev–Trinajstić information content (AvgIpc) is 2.07. The van der Waals surface area contributed by atoms with Gasteiger partial charge in [-0.2, -0.15) is 0 Å². The maximum Gasteiger partial charge on any atom is 0.104 e. The van der Waals surface area contributed by atoms with Crippen molar-refractivity contribution in [3.8, 4) is 0 Å². The van der Waals surface area contributed by atoms with Crippen LogP contribution < -0.4 is 0 Å². The van der Waals surface area contributed by atoms with E-state index in [0.29, 0.717) is 19.8 Å². The van der Waals surface area contributed by atoms with Gasteiger partial charge in [-0.15, -0.1) is 6.58 Å². The van der Waals surface area contributed by atoms with Gasteiger partial charge in [0.1, 0.15) is 6.10 Å². The lowest BCUT2D eigenvalue weighted by Crippen LogP contribution is -2.36. The Balaban J connectivity index is 2.18. The molecule has 0 amide bonds. The Labute approximate surface area is 66.9 Å². The molecule has 11 heavy (non-hydrogen) atoms. The van der Waals surface area contributed by atoms with Gasteiger partial charge in [0, 0.05) is 7.11 Å². The molecule has 1 aliphatic heterocycles. The van der Waals surface area contributed by atoms with Gasteiger partial charge in [-0.25, -0.2) is 0 Å². The molecule has 0 bridgehead atoms. The summed E-state index contributed by atoms with van der Waals surface area (Å²) in [5.41, 5.74) is 0. The van der Waals surface area contributed by atoms with Crippen molar-refractivity contribution in [2.75, 3.05) is 26.9 Å². The molecule has 1 aliphatic rings. The smallest absolute Gasteiger partial charge is 0.104 e. The molecule has 0 spiro atoms. The lowest BCUT2D eigenvalue weighted by molar-refractivity contribution is -0.133. The Bertz CT molecular complexity index is 117. The first-order chi connectivity index (χ1) is 5.36. The molecule has 0 radical (unpaired) electrons. The summed E-state index contributed by atoms with van der Waals surface area (Å²) in [6, 6.07) is 0. The van der Waals surface area contributed by atoms with Crippen LogP contribution in [0.3, 0.4) is 0 Å². The van der Waals surface area contributed by atoms with E-state index in [2.05, 4.69) is 6.58 Å². The Morgan fingerprint density at radius 3 is 2.82 bits per heavy atom. The zero-order chi connectivity index (χ0) is 8.10. The highest BCUT2D eigenvalue weighted by molar-refractivity contribution is 4.82. The highest BCUT2D eigenvalue weighted by Crippen LogP contribution is 2.07. The van der Waals surface area contributed by atoms with Crippen molar-refractivity contribution in [3.05, 3.63) is 12.7 Å². The summed E-state index contributed by atoms with van der Waals surface area (Å²) in [6.45, 7) is 5.42. The number of hydrogen-bond donors (Lipinski definition) is 0. The largest absolute Gasteiger partial charge is 0.382 e. The maximum atomic E-state index is 5.40. The van der Waals surface area contributed by atoms with Crippen LogP contribution in [0.1, 0.15) is 0 Å². The van der Waals surface area contributed by atoms with Crippen molar-refractivity contribution in [3.63, 3.8) is 0 Å². The van der Waals surface area contributed by atoms with E-state index in [-0.39, 0.29) is 12.2 Å². The molecule has 0 aromatic heterocycles. The van der Waals surface area contributed by atoms with E-state index in [1.807, 2.05) is 0 Å². The van der Waals surface area contributed by atoms with Gasteiger partial charge in [-0.1, -0.05) is 6.08 Å². The Hall–Kier alpha value is -0.380. The van der Waals surface area contributed by atoms with Gasteiger partial charge >= 0.3 is 0 Å². The fourth-order valence-corrected chi connectivity index (χ4v) is 0.976. The SMILES string of the molecule is C=C[C@H]1CO[C@H](COC)CO1. The highest BCUT2D eigenvalue weighted by Gasteiger charge is 2.19. The van der Waals surface area contributed by atoms with Gasteiger partial charge in [0.05, 0.1) is 25.9 Å². The van der Waals surface area contributed by atoms with E-state index >= 15 is 0 Å². The molecule has 0 aliphatic carbocycles. The number of ether oxygens (including phenoxy) is 3. The molecule has 1 rings (SSSR count). The van der Waals surface area contributed by atoms with Crippen molar-refractivity contribution >= 4 is 0 Å². The van der Waals surface area contributed by atoms with Crippen LogP contribution in [-0.2, 0) is 14.2 Å². The molecule has 0 saturated carbocycles. The van der Waals surface area contributed by atoms with E-state index in [4.69, 9.17) is 14.2 Å². The molecule has 0 aromatic rings. The second kappa shape index (κ2) is 4.49. The van der Waals surface area contributed by atoms with Crippen molar-refractivity contribution in [1.82, 2.24) is 0 Å². The first kappa shape index (κ1) is 8.71. The van der Waals surface area contributed by atoms with Crippen molar-refractivity contribution in [2.45, 2.75) is 12.2 Å². The van der Waals surface area contributed by atoms with Crippen LogP contribution in [0.25, 0.3) is 0 Å². The lowest BCUT2D eigenvalue weighted by Gasteiger charge is -2.27. The summed E-state index contributed by atoms with van der Waals surface area (Å²) < 4.78 is 15.7. The van der Waals surface area contributed by atoms with Crippen LogP contribution in [0.15, 0.2) is 12.7 Å². The third-order valence-electron chi connectivity index (χ3n) is 1.61. The van der Waals surface area contributed by atoms with E-state index in [0.717, 1.165) is 0 Å². The van der Waals surface area contributed by atoms with Crippen molar-refractivity contribution in [2.24, 2.45) is 0 Å². The lowest BCUT2D eigenvalue weighted by atomic mass is 10.3. The zero-order valence-electron chi connectivity index (χ0n) is 6.79. The predicted octanol–water partition coefficient (Wildman–Crippen LogP) is 0.603. The second-order valence-electron chi connectivity index (χ2n) is 2.52. The predicted molar refractivity (Wildman–Crippen MR) is 41.6 cm³/mol. The minimum Gasteiger partial charge on any atom is -0.382 e. The summed E-state index contributed by atoms with van der Waals surface area (Å²) >= 11 is 0. The first-order valence-electron chi connectivity index (χ1n) is 3.71. The van der Waals surface area contributed by atoms with E-state index in [1.54, 1.807) is 13.2 Å². The number of rotatable bonds is 3. The van der Waals surface area contributed by atoms with Crippen LogP contribution in [0, 0.1) is 0 Å². The quantitative estimate of drug-likeness (QED) is 0.563. The fourth-order valence-electron chi connectivity index (χ4n) is 0.976. The fraction of sp³-hybridized carbons (Fsp3) is 0.750. The molecule has 1 saturated heterocycles. The van der Waals surface area contributed by atoms with Crippen molar-refractivity contribution in [1.29, 1.82) is 0 Å². The summed E-state index contributed by atoms with van der Waals surface area (Å²) in [7, 11) is 1.66. The molecule has 64 valence electrons. The maximum absolute atomic E-state index is 5.40. The molecule has 0 unspecified atom stereocenters. The third kappa shape index (κ3) is 2.61. The number of methoxy groups -OCH3 is 1. The monoisotopic (exact) mass is 158 g/mol. The summed E-state index contributed by atoms with van der Waals surface area (Å²) in [5, 5.41) is 0. The van der Waals surface area contributed by atoms with Crippen LogP contribution in [0.4, 0.5) is 0 Å². The third-order valence-corrected chi connectivity index (χ3v) is 1.61. The topological polar surface area (TPSA) is 27.7 Å². The van der Waals surface area contributed by atoms with Gasteiger partial charge in [0.2, 0.25) is 0 Å². The van der Waals surface area contributed by atoms with Crippen molar-refractivity contribution < 1.29 is 14.2 Å². The van der Waals surface area contributed by atoms with Gasteiger partial charge in [0.25, 0.3) is 0 Å².